The van der Waals surface area contributed by atoms with Gasteiger partial charge >= 0.3 is 0 Å². The van der Waals surface area contributed by atoms with Crippen LogP contribution in [0.2, 0.25) is 0 Å². The molecule has 1 fully saturated rings. The molecule has 1 aromatic heterocycles. The molecule has 1 aliphatic rings. The van der Waals surface area contributed by atoms with Gasteiger partial charge in [0.05, 0.1) is 19.4 Å². The zero-order valence-electron chi connectivity index (χ0n) is 14.0. The fraction of sp³-hybridized carbons (Fsp3) is 0.474. The van der Waals surface area contributed by atoms with Gasteiger partial charge in [-0.3, -0.25) is 0 Å². The van der Waals surface area contributed by atoms with Crippen LogP contribution in [0.5, 0.6) is 5.75 Å². The highest BCUT2D eigenvalue weighted by Gasteiger charge is 2.21. The van der Waals surface area contributed by atoms with Crippen LogP contribution in [-0.2, 0) is 0 Å². The first-order valence-electron chi connectivity index (χ1n) is 8.35. The molecular weight excluding hydrogens is 288 g/mol. The van der Waals surface area contributed by atoms with Crippen molar-refractivity contribution in [3.63, 3.8) is 0 Å². The Kier molecular flexibility index (Phi) is 5.36. The summed E-state index contributed by atoms with van der Waals surface area (Å²) in [4.78, 5) is 2.41. The Balaban J connectivity index is 1.68. The molecule has 23 heavy (non-hydrogen) atoms. The maximum Gasteiger partial charge on any atom is 0.125 e. The third kappa shape index (κ3) is 4.15. The Labute approximate surface area is 138 Å². The fourth-order valence-electron chi connectivity index (χ4n) is 3.19. The molecule has 4 nitrogen and oxygen atoms in total. The predicted molar refractivity (Wildman–Crippen MR) is 91.8 cm³/mol. The maximum atomic E-state index is 5.66. The van der Waals surface area contributed by atoms with Crippen LogP contribution >= 0.6 is 0 Å². The zero-order valence-corrected chi connectivity index (χ0v) is 14.0. The Morgan fingerprint density at radius 2 is 1.96 bits per heavy atom. The molecule has 3 rings (SSSR count). The van der Waals surface area contributed by atoms with E-state index in [9.17, 15) is 0 Å². The van der Waals surface area contributed by atoms with Gasteiger partial charge in [-0.15, -0.1) is 0 Å². The molecule has 2 aromatic rings. The summed E-state index contributed by atoms with van der Waals surface area (Å²) in [6, 6.07) is 12.3. The lowest BCUT2D eigenvalue weighted by atomic mass is 9.96. The first-order valence-corrected chi connectivity index (χ1v) is 8.35. The Hall–Kier alpha value is -1.78. The van der Waals surface area contributed by atoms with Crippen molar-refractivity contribution < 1.29 is 9.15 Å². The van der Waals surface area contributed by atoms with E-state index >= 15 is 0 Å². The van der Waals surface area contributed by atoms with Crippen molar-refractivity contribution in [1.82, 2.24) is 10.2 Å². The SMILES string of the molecule is COc1ccc(C(NCC2CCN(C)CC2)c2ccco2)cc1. The van der Waals surface area contributed by atoms with E-state index < -0.39 is 0 Å². The number of nitrogens with zero attached hydrogens (tertiary/aromatic N) is 1. The molecule has 0 bridgehead atoms. The van der Waals surface area contributed by atoms with Gasteiger partial charge in [0, 0.05) is 0 Å². The van der Waals surface area contributed by atoms with Crippen LogP contribution in [0.4, 0.5) is 0 Å². The second kappa shape index (κ2) is 7.66. The third-order valence-corrected chi connectivity index (χ3v) is 4.73. The van der Waals surface area contributed by atoms with Crippen molar-refractivity contribution in [3.05, 3.63) is 54.0 Å². The minimum Gasteiger partial charge on any atom is -0.497 e. The molecule has 1 saturated heterocycles. The van der Waals surface area contributed by atoms with Crippen molar-refractivity contribution >= 4 is 0 Å². The van der Waals surface area contributed by atoms with Gasteiger partial charge in [0.25, 0.3) is 0 Å². The van der Waals surface area contributed by atoms with Crippen LogP contribution in [0.1, 0.15) is 30.2 Å². The van der Waals surface area contributed by atoms with Gasteiger partial charge in [-0.05, 0) is 75.3 Å². The van der Waals surface area contributed by atoms with Gasteiger partial charge in [-0.1, -0.05) is 12.1 Å². The minimum atomic E-state index is 0.0931. The van der Waals surface area contributed by atoms with Crippen molar-refractivity contribution in [2.75, 3.05) is 33.8 Å². The highest BCUT2D eigenvalue weighted by atomic mass is 16.5. The molecule has 1 unspecified atom stereocenters. The van der Waals surface area contributed by atoms with Crippen molar-refractivity contribution in [3.8, 4) is 5.75 Å². The summed E-state index contributed by atoms with van der Waals surface area (Å²) < 4.78 is 10.9. The van der Waals surface area contributed by atoms with E-state index in [2.05, 4.69) is 29.4 Å². The van der Waals surface area contributed by atoms with Gasteiger partial charge < -0.3 is 19.4 Å². The van der Waals surface area contributed by atoms with Crippen molar-refractivity contribution in [1.29, 1.82) is 0 Å². The number of benzene rings is 1. The summed E-state index contributed by atoms with van der Waals surface area (Å²) in [7, 11) is 3.89. The van der Waals surface area contributed by atoms with Gasteiger partial charge in [0.15, 0.2) is 0 Å². The molecule has 2 heterocycles. The molecule has 1 aliphatic heterocycles. The lowest BCUT2D eigenvalue weighted by Gasteiger charge is -2.30. The molecule has 0 spiro atoms. The van der Waals surface area contributed by atoms with Crippen LogP contribution in [-0.4, -0.2) is 38.7 Å². The maximum absolute atomic E-state index is 5.66. The quantitative estimate of drug-likeness (QED) is 0.888. The van der Waals surface area contributed by atoms with E-state index in [0.717, 1.165) is 24.0 Å². The normalized spacial score (nSPS) is 18.0. The lowest BCUT2D eigenvalue weighted by molar-refractivity contribution is 0.213. The van der Waals surface area contributed by atoms with E-state index in [0.29, 0.717) is 0 Å². The standard InChI is InChI=1S/C19H26N2O2/c1-21-11-9-15(10-12-21)14-20-19(18-4-3-13-23-18)16-5-7-17(22-2)8-6-16/h3-8,13,15,19-20H,9-12,14H2,1-2H3. The zero-order chi connectivity index (χ0) is 16.1. The minimum absolute atomic E-state index is 0.0931. The number of rotatable bonds is 6. The molecule has 1 atom stereocenters. The molecule has 0 saturated carbocycles. The number of likely N-dealkylation sites (tertiary alicyclic amines) is 1. The van der Waals surface area contributed by atoms with Gasteiger partial charge in [-0.2, -0.15) is 0 Å². The number of methoxy groups -OCH3 is 1. The predicted octanol–water partition coefficient (Wildman–Crippen LogP) is 3.31. The number of hydrogen-bond acceptors (Lipinski definition) is 4. The second-order valence-electron chi connectivity index (χ2n) is 6.38. The lowest BCUT2D eigenvalue weighted by Crippen LogP contribution is -2.36. The highest BCUT2D eigenvalue weighted by molar-refractivity contribution is 5.32. The summed E-state index contributed by atoms with van der Waals surface area (Å²) in [5, 5.41) is 3.71. The van der Waals surface area contributed by atoms with Gasteiger partial charge in [0.1, 0.15) is 11.5 Å². The summed E-state index contributed by atoms with van der Waals surface area (Å²) in [6.45, 7) is 3.41. The van der Waals surface area contributed by atoms with E-state index in [1.54, 1.807) is 13.4 Å². The van der Waals surface area contributed by atoms with E-state index in [4.69, 9.17) is 9.15 Å². The number of hydrogen-bond donors (Lipinski definition) is 1. The number of piperidine rings is 1. The van der Waals surface area contributed by atoms with Crippen LogP contribution in [0.25, 0.3) is 0 Å². The first kappa shape index (κ1) is 16.1. The second-order valence-corrected chi connectivity index (χ2v) is 6.38. The van der Waals surface area contributed by atoms with E-state index in [1.807, 2.05) is 24.3 Å². The smallest absolute Gasteiger partial charge is 0.125 e. The molecule has 0 radical (unpaired) electrons. The molecule has 0 aliphatic carbocycles. The summed E-state index contributed by atoms with van der Waals surface area (Å²) in [6.07, 6.45) is 4.26. The van der Waals surface area contributed by atoms with Gasteiger partial charge in [0.2, 0.25) is 0 Å². The van der Waals surface area contributed by atoms with Crippen molar-refractivity contribution in [2.24, 2.45) is 5.92 Å². The molecular formula is C19H26N2O2. The fourth-order valence-corrected chi connectivity index (χ4v) is 3.19. The number of ether oxygens (including phenoxy) is 1. The largest absolute Gasteiger partial charge is 0.497 e. The average Bonchev–Trinajstić information content (AvgIpc) is 3.12. The van der Waals surface area contributed by atoms with Crippen LogP contribution in [0.15, 0.2) is 47.1 Å². The van der Waals surface area contributed by atoms with E-state index in [1.165, 1.54) is 31.5 Å². The average molecular weight is 314 g/mol. The molecule has 1 aromatic carbocycles. The highest BCUT2D eigenvalue weighted by Crippen LogP contribution is 2.25. The Morgan fingerprint density at radius 1 is 1.22 bits per heavy atom. The van der Waals surface area contributed by atoms with Crippen LogP contribution in [0, 0.1) is 5.92 Å². The first-order chi connectivity index (χ1) is 11.3. The van der Waals surface area contributed by atoms with Gasteiger partial charge in [-0.25, -0.2) is 0 Å². The summed E-state index contributed by atoms with van der Waals surface area (Å²) >= 11 is 0. The van der Waals surface area contributed by atoms with Crippen LogP contribution < -0.4 is 10.1 Å². The molecule has 4 heteroatoms. The van der Waals surface area contributed by atoms with Crippen LogP contribution in [0.3, 0.4) is 0 Å². The Bertz CT molecular complexity index is 572. The number of furan rings is 1. The summed E-state index contributed by atoms with van der Waals surface area (Å²) in [5.74, 6) is 2.58. The molecule has 124 valence electrons. The summed E-state index contributed by atoms with van der Waals surface area (Å²) in [5.41, 5.74) is 1.20. The Morgan fingerprint density at radius 3 is 2.57 bits per heavy atom. The number of nitrogens with one attached hydrogen (secondary N) is 1. The van der Waals surface area contributed by atoms with E-state index in [-0.39, 0.29) is 6.04 Å². The monoisotopic (exact) mass is 314 g/mol. The van der Waals surface area contributed by atoms with Crippen molar-refractivity contribution in [2.45, 2.75) is 18.9 Å². The third-order valence-electron chi connectivity index (χ3n) is 4.73. The molecule has 1 N–H and O–H groups in total. The molecule has 0 amide bonds. The topological polar surface area (TPSA) is 37.6 Å².